The van der Waals surface area contributed by atoms with Crippen molar-refractivity contribution >= 4 is 16.8 Å². The van der Waals surface area contributed by atoms with Gasteiger partial charge in [-0.2, -0.15) is 15.0 Å². The van der Waals surface area contributed by atoms with Gasteiger partial charge in [-0.15, -0.1) is 0 Å². The normalized spacial score (nSPS) is 12.2. The van der Waals surface area contributed by atoms with Crippen LogP contribution in [0.2, 0.25) is 0 Å². The van der Waals surface area contributed by atoms with Gasteiger partial charge in [0.15, 0.2) is 0 Å². The molecular weight excluding hydrogens is 314 g/mol. The molecule has 2 aromatic heterocycles. The lowest BCUT2D eigenvalue weighted by Crippen LogP contribution is -2.32. The van der Waals surface area contributed by atoms with E-state index in [4.69, 9.17) is 0 Å². The smallest absolute Gasteiger partial charge is 0.253 e. The second-order valence-corrected chi connectivity index (χ2v) is 5.77. The van der Waals surface area contributed by atoms with E-state index in [9.17, 15) is 4.79 Å². The quantitative estimate of drug-likeness (QED) is 0.590. The zero-order chi connectivity index (χ0) is 17.1. The van der Waals surface area contributed by atoms with Crippen molar-refractivity contribution in [1.82, 2.24) is 25.3 Å². The summed E-state index contributed by atoms with van der Waals surface area (Å²) in [6.07, 6.45) is 5.00. The summed E-state index contributed by atoms with van der Waals surface area (Å²) in [7, 11) is 0. The zero-order valence-electron chi connectivity index (χ0n) is 13.5. The number of nitrogens with zero attached hydrogens (tertiary/aromatic N) is 3. The SMILES string of the molecule is O=C(NC(Cn1nccn1)c1ccccc1)c1c[nH]c2ccccc12. The van der Waals surface area contributed by atoms with E-state index in [2.05, 4.69) is 20.5 Å². The van der Waals surface area contributed by atoms with Crippen molar-refractivity contribution in [2.24, 2.45) is 0 Å². The van der Waals surface area contributed by atoms with Gasteiger partial charge in [0.25, 0.3) is 5.91 Å². The summed E-state index contributed by atoms with van der Waals surface area (Å²) in [6.45, 7) is 0.463. The Morgan fingerprint density at radius 3 is 2.56 bits per heavy atom. The van der Waals surface area contributed by atoms with E-state index in [1.165, 1.54) is 0 Å². The van der Waals surface area contributed by atoms with Crippen molar-refractivity contribution < 1.29 is 4.79 Å². The molecule has 6 heteroatoms. The Hall–Kier alpha value is -3.41. The lowest BCUT2D eigenvalue weighted by Gasteiger charge is -2.18. The number of hydrogen-bond donors (Lipinski definition) is 2. The van der Waals surface area contributed by atoms with Crippen LogP contribution in [0.4, 0.5) is 0 Å². The van der Waals surface area contributed by atoms with E-state index in [0.717, 1.165) is 16.5 Å². The van der Waals surface area contributed by atoms with E-state index in [1.807, 2.05) is 54.6 Å². The van der Waals surface area contributed by atoms with Gasteiger partial charge < -0.3 is 10.3 Å². The first-order valence-electron chi connectivity index (χ1n) is 8.07. The highest BCUT2D eigenvalue weighted by Crippen LogP contribution is 2.20. The van der Waals surface area contributed by atoms with Gasteiger partial charge in [0.1, 0.15) is 0 Å². The summed E-state index contributed by atoms with van der Waals surface area (Å²) in [5, 5.41) is 12.3. The first kappa shape index (κ1) is 15.1. The molecule has 0 bridgehead atoms. The number of fused-ring (bicyclic) bond motifs is 1. The average molecular weight is 331 g/mol. The molecule has 1 unspecified atom stereocenters. The summed E-state index contributed by atoms with van der Waals surface area (Å²) in [6, 6.07) is 17.4. The summed E-state index contributed by atoms with van der Waals surface area (Å²) < 4.78 is 0. The van der Waals surface area contributed by atoms with Gasteiger partial charge in [-0.05, 0) is 11.6 Å². The molecule has 124 valence electrons. The second kappa shape index (κ2) is 6.60. The Kier molecular flexibility index (Phi) is 4.00. The molecular formula is C19H17N5O. The number of benzene rings is 2. The molecule has 2 N–H and O–H groups in total. The van der Waals surface area contributed by atoms with Gasteiger partial charge in [-0.1, -0.05) is 48.5 Å². The largest absolute Gasteiger partial charge is 0.360 e. The fourth-order valence-corrected chi connectivity index (χ4v) is 2.92. The minimum atomic E-state index is -0.227. The van der Waals surface area contributed by atoms with Crippen molar-refractivity contribution in [3.63, 3.8) is 0 Å². The van der Waals surface area contributed by atoms with Crippen LogP contribution < -0.4 is 5.32 Å². The Morgan fingerprint density at radius 2 is 1.76 bits per heavy atom. The van der Waals surface area contributed by atoms with Gasteiger partial charge in [0.2, 0.25) is 0 Å². The molecule has 0 fully saturated rings. The van der Waals surface area contributed by atoms with Crippen LogP contribution in [0.3, 0.4) is 0 Å². The summed E-state index contributed by atoms with van der Waals surface area (Å²) in [5.74, 6) is -0.126. The van der Waals surface area contributed by atoms with Crippen LogP contribution >= 0.6 is 0 Å². The maximum Gasteiger partial charge on any atom is 0.253 e. The highest BCUT2D eigenvalue weighted by atomic mass is 16.1. The third-order valence-corrected chi connectivity index (χ3v) is 4.15. The molecule has 0 spiro atoms. The van der Waals surface area contributed by atoms with Crippen LogP contribution in [0.1, 0.15) is 22.0 Å². The maximum atomic E-state index is 12.9. The van der Waals surface area contributed by atoms with Gasteiger partial charge in [0, 0.05) is 17.1 Å². The van der Waals surface area contributed by atoms with E-state index >= 15 is 0 Å². The predicted octanol–water partition coefficient (Wildman–Crippen LogP) is 2.93. The fraction of sp³-hybridized carbons (Fsp3) is 0.105. The number of para-hydroxylation sites is 1. The average Bonchev–Trinajstić information content (AvgIpc) is 3.31. The van der Waals surface area contributed by atoms with Crippen molar-refractivity contribution in [2.45, 2.75) is 12.6 Å². The monoisotopic (exact) mass is 331 g/mol. The molecule has 6 nitrogen and oxygen atoms in total. The van der Waals surface area contributed by atoms with E-state index < -0.39 is 0 Å². The van der Waals surface area contributed by atoms with E-state index in [-0.39, 0.29) is 11.9 Å². The van der Waals surface area contributed by atoms with E-state index in [0.29, 0.717) is 12.1 Å². The minimum Gasteiger partial charge on any atom is -0.360 e. The van der Waals surface area contributed by atoms with Crippen molar-refractivity contribution in [2.75, 3.05) is 0 Å². The number of carbonyl (C=O) groups is 1. The third-order valence-electron chi connectivity index (χ3n) is 4.15. The number of rotatable bonds is 5. The Labute approximate surface area is 144 Å². The molecule has 1 atom stereocenters. The van der Waals surface area contributed by atoms with Gasteiger partial charge in [-0.25, -0.2) is 0 Å². The van der Waals surface area contributed by atoms with Crippen LogP contribution in [0.25, 0.3) is 10.9 Å². The third kappa shape index (κ3) is 3.14. The van der Waals surface area contributed by atoms with Crippen molar-refractivity contribution in [1.29, 1.82) is 0 Å². The van der Waals surface area contributed by atoms with Crippen molar-refractivity contribution in [3.8, 4) is 0 Å². The standard InChI is InChI=1S/C19H17N5O/c25-19(16-12-20-17-9-5-4-8-15(16)17)23-18(13-24-21-10-11-22-24)14-6-2-1-3-7-14/h1-12,18,20H,13H2,(H,23,25). The molecule has 25 heavy (non-hydrogen) atoms. The Bertz CT molecular complexity index is 975. The first-order valence-corrected chi connectivity index (χ1v) is 8.07. The van der Waals surface area contributed by atoms with Gasteiger partial charge in [0.05, 0.1) is 30.5 Å². The Balaban J connectivity index is 1.62. The maximum absolute atomic E-state index is 12.9. The topological polar surface area (TPSA) is 75.6 Å². The molecule has 0 aliphatic rings. The highest BCUT2D eigenvalue weighted by molar-refractivity contribution is 6.06. The highest BCUT2D eigenvalue weighted by Gasteiger charge is 2.19. The molecule has 0 aliphatic carbocycles. The van der Waals surface area contributed by atoms with Crippen LogP contribution in [0, 0.1) is 0 Å². The number of carbonyl (C=O) groups excluding carboxylic acids is 1. The zero-order valence-corrected chi connectivity index (χ0v) is 13.5. The summed E-state index contributed by atoms with van der Waals surface area (Å²) >= 11 is 0. The van der Waals surface area contributed by atoms with Crippen LogP contribution in [0.15, 0.2) is 73.2 Å². The molecule has 0 radical (unpaired) electrons. The molecule has 2 aromatic carbocycles. The van der Waals surface area contributed by atoms with Gasteiger partial charge >= 0.3 is 0 Å². The van der Waals surface area contributed by atoms with Crippen molar-refractivity contribution in [3.05, 3.63) is 84.3 Å². The number of hydrogen-bond acceptors (Lipinski definition) is 3. The first-order chi connectivity index (χ1) is 12.3. The van der Waals surface area contributed by atoms with Gasteiger partial charge in [-0.3, -0.25) is 4.79 Å². The number of amides is 1. The molecule has 0 aliphatic heterocycles. The van der Waals surface area contributed by atoms with Crippen LogP contribution in [-0.2, 0) is 6.54 Å². The molecule has 4 rings (SSSR count). The second-order valence-electron chi connectivity index (χ2n) is 5.77. The summed E-state index contributed by atoms with van der Waals surface area (Å²) in [4.78, 5) is 17.6. The fourth-order valence-electron chi connectivity index (χ4n) is 2.92. The summed E-state index contributed by atoms with van der Waals surface area (Å²) in [5.41, 5.74) is 2.58. The molecule has 1 amide bonds. The minimum absolute atomic E-state index is 0.126. The molecule has 4 aromatic rings. The molecule has 2 heterocycles. The predicted molar refractivity (Wildman–Crippen MR) is 95.0 cm³/mol. The van der Waals surface area contributed by atoms with Crippen LogP contribution in [-0.4, -0.2) is 25.9 Å². The van der Waals surface area contributed by atoms with E-state index in [1.54, 1.807) is 23.4 Å². The Morgan fingerprint density at radius 1 is 1.04 bits per heavy atom. The number of nitrogens with one attached hydrogen (secondary N) is 2. The molecule has 0 saturated heterocycles. The molecule has 0 saturated carbocycles. The van der Waals surface area contributed by atoms with Crippen LogP contribution in [0.5, 0.6) is 0 Å². The lowest BCUT2D eigenvalue weighted by atomic mass is 10.1. The number of H-pyrrole nitrogens is 1. The lowest BCUT2D eigenvalue weighted by molar-refractivity contribution is 0.0932. The number of aromatic amines is 1. The number of aromatic nitrogens is 4.